The average Bonchev–Trinajstić information content (AvgIpc) is 2.43. The molecule has 0 heterocycles. The van der Waals surface area contributed by atoms with Crippen LogP contribution >= 0.6 is 12.4 Å². The summed E-state index contributed by atoms with van der Waals surface area (Å²) in [6.07, 6.45) is -4.79. The molecule has 0 aliphatic heterocycles. The Labute approximate surface area is 135 Å². The second kappa shape index (κ2) is 6.84. The van der Waals surface area contributed by atoms with Crippen LogP contribution in [0.2, 0.25) is 0 Å². The third-order valence-corrected chi connectivity index (χ3v) is 2.97. The van der Waals surface area contributed by atoms with Crippen LogP contribution in [0.4, 0.5) is 13.2 Å². The van der Waals surface area contributed by atoms with Gasteiger partial charge in [-0.1, -0.05) is 12.1 Å². The number of benzene rings is 2. The van der Waals surface area contributed by atoms with Crippen LogP contribution in [0.3, 0.4) is 0 Å². The number of nitrogens with two attached hydrogens (primary N) is 1. The highest BCUT2D eigenvalue weighted by molar-refractivity contribution is 5.85. The molecule has 0 fully saturated rings. The van der Waals surface area contributed by atoms with Crippen LogP contribution in [0.15, 0.2) is 36.4 Å². The number of alkyl halides is 3. The topological polar surface area (TPSA) is 95.9 Å². The Balaban J connectivity index is 0.00000264. The molecule has 0 unspecified atom stereocenters. The highest BCUT2D eigenvalue weighted by Crippen LogP contribution is 2.40. The van der Waals surface area contributed by atoms with E-state index >= 15 is 0 Å². The number of hydrogen-bond donors (Lipinski definition) is 4. The van der Waals surface area contributed by atoms with E-state index in [4.69, 9.17) is 5.73 Å². The molecule has 126 valence electrons. The molecule has 0 radical (unpaired) electrons. The van der Waals surface area contributed by atoms with Gasteiger partial charge >= 0.3 is 6.36 Å². The molecule has 2 rings (SSSR count). The number of hydrogen-bond acceptors (Lipinski definition) is 5. The molecule has 0 saturated heterocycles. The maximum Gasteiger partial charge on any atom is 0.573 e. The first kappa shape index (κ1) is 18.7. The lowest BCUT2D eigenvalue weighted by Crippen LogP contribution is -2.17. The number of aromatic hydroxyl groups is 3. The van der Waals surface area contributed by atoms with Gasteiger partial charge in [-0.15, -0.1) is 25.6 Å². The minimum Gasteiger partial charge on any atom is -0.504 e. The van der Waals surface area contributed by atoms with Crippen LogP contribution in [0.5, 0.6) is 23.0 Å². The van der Waals surface area contributed by atoms with E-state index in [2.05, 4.69) is 4.74 Å². The lowest BCUT2D eigenvalue weighted by Gasteiger charge is -2.16. The number of rotatable bonds is 3. The van der Waals surface area contributed by atoms with Crippen LogP contribution in [-0.2, 0) is 0 Å². The second-order valence-corrected chi connectivity index (χ2v) is 4.47. The largest absolute Gasteiger partial charge is 0.573 e. The van der Waals surface area contributed by atoms with Gasteiger partial charge in [0.05, 0.1) is 6.04 Å². The molecule has 0 bridgehead atoms. The highest BCUT2D eigenvalue weighted by Gasteiger charge is 2.31. The minimum absolute atomic E-state index is 0. The molecule has 0 aliphatic rings. The fourth-order valence-corrected chi connectivity index (χ4v) is 1.89. The van der Waals surface area contributed by atoms with Crippen molar-refractivity contribution in [1.82, 2.24) is 0 Å². The van der Waals surface area contributed by atoms with E-state index in [1.165, 1.54) is 18.2 Å². The van der Waals surface area contributed by atoms with Crippen molar-refractivity contribution in [3.8, 4) is 23.0 Å². The van der Waals surface area contributed by atoms with E-state index in [0.29, 0.717) is 5.56 Å². The van der Waals surface area contributed by atoms with E-state index in [-0.39, 0.29) is 18.0 Å². The summed E-state index contributed by atoms with van der Waals surface area (Å²) in [6.45, 7) is 0. The van der Waals surface area contributed by atoms with Crippen LogP contribution in [-0.4, -0.2) is 21.7 Å². The van der Waals surface area contributed by atoms with Crippen molar-refractivity contribution >= 4 is 12.4 Å². The second-order valence-electron chi connectivity index (χ2n) is 4.47. The van der Waals surface area contributed by atoms with Crippen molar-refractivity contribution in [2.45, 2.75) is 12.4 Å². The van der Waals surface area contributed by atoms with E-state index in [1.54, 1.807) is 0 Å². The van der Waals surface area contributed by atoms with Crippen molar-refractivity contribution in [1.29, 1.82) is 0 Å². The summed E-state index contributed by atoms with van der Waals surface area (Å²) in [4.78, 5) is 0. The zero-order valence-electron chi connectivity index (χ0n) is 11.4. The van der Waals surface area contributed by atoms with Crippen LogP contribution < -0.4 is 10.5 Å². The summed E-state index contributed by atoms with van der Waals surface area (Å²) in [5.41, 5.74) is 6.39. The van der Waals surface area contributed by atoms with E-state index in [1.807, 2.05) is 0 Å². The first-order valence-corrected chi connectivity index (χ1v) is 6.04. The molecule has 5 N–H and O–H groups in total. The van der Waals surface area contributed by atoms with Gasteiger partial charge < -0.3 is 25.8 Å². The third kappa shape index (κ3) is 4.33. The van der Waals surface area contributed by atoms with E-state index < -0.39 is 35.4 Å². The Hall–Kier alpha value is -2.32. The van der Waals surface area contributed by atoms with Gasteiger partial charge in [-0.2, -0.15) is 0 Å². The monoisotopic (exact) mass is 351 g/mol. The summed E-state index contributed by atoms with van der Waals surface area (Å²) in [5.74, 6) is -2.23. The molecular formula is C14H13ClF3NO4. The van der Waals surface area contributed by atoms with Crippen molar-refractivity contribution in [3.05, 3.63) is 47.5 Å². The summed E-state index contributed by atoms with van der Waals surface area (Å²) < 4.78 is 39.9. The van der Waals surface area contributed by atoms with Crippen molar-refractivity contribution < 1.29 is 33.2 Å². The van der Waals surface area contributed by atoms with Crippen LogP contribution in [0.25, 0.3) is 0 Å². The number of phenolic OH excluding ortho intramolecular Hbond substituents is 3. The lowest BCUT2D eigenvalue weighted by atomic mass is 9.98. The number of ether oxygens (including phenoxy) is 1. The van der Waals surface area contributed by atoms with Gasteiger partial charge in [-0.3, -0.25) is 0 Å². The number of phenols is 3. The fourth-order valence-electron chi connectivity index (χ4n) is 1.89. The van der Waals surface area contributed by atoms with E-state index in [9.17, 15) is 28.5 Å². The fraction of sp³-hybridized carbons (Fsp3) is 0.143. The maximum atomic E-state index is 12.1. The lowest BCUT2D eigenvalue weighted by molar-refractivity contribution is -0.274. The Morgan fingerprint density at radius 1 is 0.913 bits per heavy atom. The normalized spacial score (nSPS) is 12.3. The van der Waals surface area contributed by atoms with Crippen molar-refractivity contribution in [2.24, 2.45) is 5.73 Å². The molecule has 5 nitrogen and oxygen atoms in total. The van der Waals surface area contributed by atoms with Gasteiger partial charge in [0, 0.05) is 5.56 Å². The Kier molecular flexibility index (Phi) is 5.57. The molecule has 23 heavy (non-hydrogen) atoms. The van der Waals surface area contributed by atoms with Crippen LogP contribution in [0.1, 0.15) is 17.2 Å². The Morgan fingerprint density at radius 3 is 2.00 bits per heavy atom. The van der Waals surface area contributed by atoms with Crippen molar-refractivity contribution in [3.63, 3.8) is 0 Å². The van der Waals surface area contributed by atoms with E-state index in [0.717, 1.165) is 18.2 Å². The molecule has 1 atom stereocenters. The first-order chi connectivity index (χ1) is 10.2. The van der Waals surface area contributed by atoms with Gasteiger partial charge in [0.15, 0.2) is 11.5 Å². The third-order valence-electron chi connectivity index (χ3n) is 2.97. The quantitative estimate of drug-likeness (QED) is 0.637. The minimum atomic E-state index is -4.79. The summed E-state index contributed by atoms with van der Waals surface area (Å²) >= 11 is 0. The molecule has 2 aromatic rings. The van der Waals surface area contributed by atoms with Gasteiger partial charge in [-0.05, 0) is 29.8 Å². The smallest absolute Gasteiger partial charge is 0.504 e. The Bertz CT molecular complexity index is 677. The molecule has 0 amide bonds. The standard InChI is InChI=1S/C14H12F3NO4.ClH/c15-14(16,17)22-8-3-1-7(2-4-8)11(18)9-5-6-10(19)13(21)12(9)20;/h1-6,11,19-21H,18H2;1H/t11-;/m0./s1. The molecule has 9 heteroatoms. The predicted molar refractivity (Wildman–Crippen MR) is 77.8 cm³/mol. The maximum absolute atomic E-state index is 12.1. The summed E-state index contributed by atoms with van der Waals surface area (Å²) in [7, 11) is 0. The van der Waals surface area contributed by atoms with Gasteiger partial charge in [-0.25, -0.2) is 0 Å². The van der Waals surface area contributed by atoms with Gasteiger partial charge in [0.2, 0.25) is 5.75 Å². The highest BCUT2D eigenvalue weighted by atomic mass is 35.5. The molecule has 0 spiro atoms. The number of halogens is 4. The molecule has 0 aromatic heterocycles. The zero-order valence-corrected chi connectivity index (χ0v) is 12.2. The van der Waals surface area contributed by atoms with Gasteiger partial charge in [0.25, 0.3) is 0 Å². The SMILES string of the molecule is Cl.N[C@@H](c1ccc(OC(F)(F)F)cc1)c1ccc(O)c(O)c1O. The predicted octanol–water partition coefficient (Wildman–Crippen LogP) is 3.17. The molecule has 0 aliphatic carbocycles. The Morgan fingerprint density at radius 2 is 1.48 bits per heavy atom. The molecule has 0 saturated carbocycles. The average molecular weight is 352 g/mol. The van der Waals surface area contributed by atoms with Crippen LogP contribution in [0, 0.1) is 0 Å². The first-order valence-electron chi connectivity index (χ1n) is 6.04. The summed E-state index contributed by atoms with van der Waals surface area (Å²) in [6, 6.07) is 6.30. The molecular weight excluding hydrogens is 339 g/mol. The molecule has 2 aromatic carbocycles. The van der Waals surface area contributed by atoms with Crippen molar-refractivity contribution in [2.75, 3.05) is 0 Å². The summed E-state index contributed by atoms with van der Waals surface area (Å²) in [5, 5.41) is 28.5. The zero-order chi connectivity index (χ0) is 16.5. The van der Waals surface area contributed by atoms with Gasteiger partial charge in [0.1, 0.15) is 5.75 Å².